The first-order valence-corrected chi connectivity index (χ1v) is 13.7. The Hall–Kier alpha value is -2.14. The van der Waals surface area contributed by atoms with Gasteiger partial charge in [0.25, 0.3) is 5.91 Å². The Bertz CT molecular complexity index is 1280. The van der Waals surface area contributed by atoms with Gasteiger partial charge in [0, 0.05) is 37.0 Å². The maximum absolute atomic E-state index is 12.9. The largest absolute Gasteiger partial charge is 0.497 e. The highest BCUT2D eigenvalue weighted by Gasteiger charge is 2.23. The number of sulfonamides is 1. The number of hydrogen-bond donors (Lipinski definition) is 0. The molecule has 1 amide bonds. The van der Waals surface area contributed by atoms with Crippen LogP contribution in [0.25, 0.3) is 10.2 Å². The number of aryl methyl sites for hydroxylation is 1. The van der Waals surface area contributed by atoms with Gasteiger partial charge < -0.3 is 9.30 Å². The van der Waals surface area contributed by atoms with Crippen LogP contribution < -0.4 is 9.54 Å². The Balaban J connectivity index is 1.99. The second-order valence-electron chi connectivity index (χ2n) is 7.42. The first kappa shape index (κ1) is 24.5. The molecule has 0 aliphatic heterocycles. The van der Waals surface area contributed by atoms with Crippen LogP contribution in [0.4, 0.5) is 0 Å². The topological polar surface area (TPSA) is 81.0 Å². The monoisotopic (exact) mass is 493 g/mol. The summed E-state index contributed by atoms with van der Waals surface area (Å²) in [6.07, 6.45) is 2.03. The van der Waals surface area contributed by atoms with Gasteiger partial charge in [0.1, 0.15) is 5.75 Å². The number of benzene rings is 2. The lowest BCUT2D eigenvalue weighted by Crippen LogP contribution is -2.33. The molecule has 3 aromatic rings. The van der Waals surface area contributed by atoms with Gasteiger partial charge in [-0.3, -0.25) is 4.79 Å². The van der Waals surface area contributed by atoms with Crippen molar-refractivity contribution in [2.75, 3.05) is 26.2 Å². The summed E-state index contributed by atoms with van der Waals surface area (Å²) in [5.41, 5.74) is 1.30. The molecule has 0 saturated carbocycles. The molecular weight excluding hydrogens is 466 g/mol. The Labute approximate surface area is 196 Å². The standard InChI is InChI=1S/C22H27N3O4S3/c1-15(2)24(3)32(27,28)18-9-6-16(7-10-18)21(26)23-22-25(12-13-30-5)19-14-17(29-4)8-11-20(19)31-22/h6-11,14-15H,12-13H2,1-5H3. The summed E-state index contributed by atoms with van der Waals surface area (Å²) >= 11 is 3.15. The number of amides is 1. The molecule has 0 saturated heterocycles. The molecule has 0 N–H and O–H groups in total. The third-order valence-corrected chi connectivity index (χ3v) is 8.81. The summed E-state index contributed by atoms with van der Waals surface area (Å²) in [6.45, 7) is 4.32. The summed E-state index contributed by atoms with van der Waals surface area (Å²) in [4.78, 5) is 18.0. The van der Waals surface area contributed by atoms with Crippen LogP contribution >= 0.6 is 23.1 Å². The zero-order chi connectivity index (χ0) is 23.5. The van der Waals surface area contributed by atoms with Gasteiger partial charge in [-0.25, -0.2) is 8.42 Å². The minimum atomic E-state index is -3.61. The lowest BCUT2D eigenvalue weighted by molar-refractivity contribution is 0.0997. The van der Waals surface area contributed by atoms with Crippen molar-refractivity contribution < 1.29 is 17.9 Å². The van der Waals surface area contributed by atoms with Gasteiger partial charge in [-0.15, -0.1) is 0 Å². The third kappa shape index (κ3) is 5.09. The number of hydrogen-bond acceptors (Lipinski definition) is 6. The van der Waals surface area contributed by atoms with E-state index >= 15 is 0 Å². The van der Waals surface area contributed by atoms with E-state index in [2.05, 4.69) is 4.99 Å². The quantitative estimate of drug-likeness (QED) is 0.476. The van der Waals surface area contributed by atoms with Gasteiger partial charge in [0.05, 0.1) is 22.2 Å². The second-order valence-corrected chi connectivity index (χ2v) is 11.4. The Morgan fingerprint density at radius 1 is 1.22 bits per heavy atom. The molecular formula is C22H27N3O4S3. The number of carbonyl (C=O) groups excluding carboxylic acids is 1. The minimum absolute atomic E-state index is 0.147. The second kappa shape index (κ2) is 10.2. The van der Waals surface area contributed by atoms with Crippen LogP contribution in [0, 0.1) is 0 Å². The van der Waals surface area contributed by atoms with E-state index < -0.39 is 15.9 Å². The fourth-order valence-corrected chi connectivity index (χ4v) is 5.79. The number of thioether (sulfide) groups is 1. The number of fused-ring (bicyclic) bond motifs is 1. The number of carbonyl (C=O) groups is 1. The fourth-order valence-electron chi connectivity index (χ4n) is 3.02. The number of rotatable bonds is 8. The highest BCUT2D eigenvalue weighted by Crippen LogP contribution is 2.23. The summed E-state index contributed by atoms with van der Waals surface area (Å²) < 4.78 is 35.0. The molecule has 0 radical (unpaired) electrons. The molecule has 172 valence electrons. The predicted molar refractivity (Wildman–Crippen MR) is 131 cm³/mol. The lowest BCUT2D eigenvalue weighted by Gasteiger charge is -2.20. The number of thiazole rings is 1. The smallest absolute Gasteiger partial charge is 0.279 e. The summed E-state index contributed by atoms with van der Waals surface area (Å²) in [6, 6.07) is 11.5. The molecule has 0 unspecified atom stereocenters. The van der Waals surface area contributed by atoms with Crippen molar-refractivity contribution in [1.29, 1.82) is 0 Å². The molecule has 0 aliphatic rings. The van der Waals surface area contributed by atoms with Crippen LogP contribution in [-0.2, 0) is 16.6 Å². The van der Waals surface area contributed by atoms with Gasteiger partial charge in [0.2, 0.25) is 10.0 Å². The molecule has 0 fully saturated rings. The van der Waals surface area contributed by atoms with Crippen LogP contribution in [0.2, 0.25) is 0 Å². The van der Waals surface area contributed by atoms with E-state index in [1.807, 2.05) is 29.0 Å². The Morgan fingerprint density at radius 3 is 2.50 bits per heavy atom. The average molecular weight is 494 g/mol. The maximum atomic E-state index is 12.9. The fraction of sp³-hybridized carbons (Fsp3) is 0.364. The van der Waals surface area contributed by atoms with Crippen molar-refractivity contribution in [3.05, 3.63) is 52.8 Å². The molecule has 0 bridgehead atoms. The molecule has 0 aliphatic carbocycles. The van der Waals surface area contributed by atoms with Crippen LogP contribution in [0.15, 0.2) is 52.4 Å². The third-order valence-electron chi connectivity index (χ3n) is 5.11. The van der Waals surface area contributed by atoms with Crippen molar-refractivity contribution >= 4 is 49.2 Å². The van der Waals surface area contributed by atoms with Crippen LogP contribution in [0.3, 0.4) is 0 Å². The molecule has 0 atom stereocenters. The van der Waals surface area contributed by atoms with E-state index in [1.54, 1.807) is 32.7 Å². The number of aromatic nitrogens is 1. The molecule has 7 nitrogen and oxygen atoms in total. The highest BCUT2D eigenvalue weighted by molar-refractivity contribution is 7.98. The minimum Gasteiger partial charge on any atom is -0.497 e. The summed E-state index contributed by atoms with van der Waals surface area (Å²) in [7, 11) is -0.443. The zero-order valence-corrected chi connectivity index (χ0v) is 21.2. The molecule has 32 heavy (non-hydrogen) atoms. The Kier molecular flexibility index (Phi) is 7.81. The predicted octanol–water partition coefficient (Wildman–Crippen LogP) is 3.84. The maximum Gasteiger partial charge on any atom is 0.279 e. The van der Waals surface area contributed by atoms with Gasteiger partial charge in [-0.05, 0) is 56.5 Å². The summed E-state index contributed by atoms with van der Waals surface area (Å²) in [5, 5.41) is 0. The molecule has 2 aromatic carbocycles. The first-order valence-electron chi connectivity index (χ1n) is 10.0. The SMILES string of the molecule is COc1ccc2sc(=NC(=O)c3ccc(S(=O)(=O)N(C)C(C)C)cc3)n(CCSC)c2c1. The molecule has 3 rings (SSSR count). The van der Waals surface area contributed by atoms with E-state index in [-0.39, 0.29) is 10.9 Å². The van der Waals surface area contributed by atoms with E-state index in [0.29, 0.717) is 16.9 Å². The van der Waals surface area contributed by atoms with E-state index in [9.17, 15) is 13.2 Å². The van der Waals surface area contributed by atoms with E-state index in [1.165, 1.54) is 47.0 Å². The molecule has 0 spiro atoms. The van der Waals surface area contributed by atoms with Crippen molar-refractivity contribution in [3.63, 3.8) is 0 Å². The van der Waals surface area contributed by atoms with Gasteiger partial charge in [-0.1, -0.05) is 11.3 Å². The van der Waals surface area contributed by atoms with Crippen molar-refractivity contribution in [2.24, 2.45) is 4.99 Å². The van der Waals surface area contributed by atoms with Crippen LogP contribution in [0.1, 0.15) is 24.2 Å². The first-order chi connectivity index (χ1) is 15.2. The van der Waals surface area contributed by atoms with Gasteiger partial charge in [0.15, 0.2) is 4.80 Å². The lowest BCUT2D eigenvalue weighted by atomic mass is 10.2. The van der Waals surface area contributed by atoms with Crippen LogP contribution in [0.5, 0.6) is 5.75 Å². The molecule has 1 aromatic heterocycles. The highest BCUT2D eigenvalue weighted by atomic mass is 32.2. The molecule has 10 heteroatoms. The average Bonchev–Trinajstić information content (AvgIpc) is 3.12. The van der Waals surface area contributed by atoms with Crippen LogP contribution in [-0.4, -0.2) is 55.4 Å². The number of methoxy groups -OCH3 is 1. The molecule has 1 heterocycles. The van der Waals surface area contributed by atoms with Crippen molar-refractivity contribution in [3.8, 4) is 5.75 Å². The van der Waals surface area contributed by atoms with Gasteiger partial charge >= 0.3 is 0 Å². The van der Waals surface area contributed by atoms with E-state index in [4.69, 9.17) is 4.74 Å². The number of ether oxygens (including phenoxy) is 1. The summed E-state index contributed by atoms with van der Waals surface area (Å²) in [5.74, 6) is 1.21. The van der Waals surface area contributed by atoms with Crippen molar-refractivity contribution in [1.82, 2.24) is 8.87 Å². The zero-order valence-electron chi connectivity index (χ0n) is 18.7. The van der Waals surface area contributed by atoms with Gasteiger partial charge in [-0.2, -0.15) is 21.1 Å². The number of nitrogens with zero attached hydrogens (tertiary/aromatic N) is 3. The van der Waals surface area contributed by atoms with Crippen molar-refractivity contribution in [2.45, 2.75) is 31.3 Å². The Morgan fingerprint density at radius 2 is 1.91 bits per heavy atom. The normalized spacial score (nSPS) is 12.8. The van der Waals surface area contributed by atoms with E-state index in [0.717, 1.165) is 21.7 Å².